The van der Waals surface area contributed by atoms with Crippen LogP contribution >= 0.6 is 0 Å². The van der Waals surface area contributed by atoms with Crippen LogP contribution in [0.25, 0.3) is 0 Å². The number of amides is 2. The molecule has 0 aliphatic rings. The van der Waals surface area contributed by atoms with Crippen molar-refractivity contribution < 1.29 is 46.3 Å². The second-order valence-corrected chi connectivity index (χ2v) is 17.4. The van der Waals surface area contributed by atoms with Crippen molar-refractivity contribution >= 4 is 35.1 Å². The normalized spacial score (nSPS) is 11.9. The van der Waals surface area contributed by atoms with E-state index in [9.17, 15) is 14.4 Å². The number of carbonyl (C=O) groups excluding carboxylic acids is 3. The molecule has 2 amide bonds. The molecule has 0 aliphatic heterocycles. The molecule has 0 aromatic heterocycles. The average Bonchev–Trinajstić information content (AvgIpc) is 3.06. The molecule has 0 aliphatic carbocycles. The lowest BCUT2D eigenvalue weighted by Crippen LogP contribution is -2.45. The maximum absolute atomic E-state index is 12.1. The van der Waals surface area contributed by atoms with Gasteiger partial charge in [0.25, 0.3) is 6.26 Å². The SMILES string of the molecule is C=CC(=O)OCCNC(=O)N(CC)CC(C)C[Si](C)(OC)OC.C=CC(=O)OCCOC#N.CCNCC(C)C[Si](C)(OC)OC. The minimum absolute atomic E-state index is 0.0818. The van der Waals surface area contributed by atoms with E-state index in [-0.39, 0.29) is 38.3 Å². The molecule has 0 aromatic rings. The second kappa shape index (κ2) is 29.6. The summed E-state index contributed by atoms with van der Waals surface area (Å²) in [6, 6.07) is 1.68. The van der Waals surface area contributed by atoms with Crippen molar-refractivity contribution in [2.75, 3.05) is 81.0 Å². The van der Waals surface area contributed by atoms with Crippen LogP contribution in [-0.4, -0.2) is 121 Å². The largest absolute Gasteiger partial charge is 0.461 e. The smallest absolute Gasteiger partial charge is 0.334 e. The summed E-state index contributed by atoms with van der Waals surface area (Å²) >= 11 is 0. The molecule has 16 heteroatoms. The van der Waals surface area contributed by atoms with Crippen LogP contribution in [0.1, 0.15) is 27.7 Å². The van der Waals surface area contributed by atoms with Gasteiger partial charge in [-0.1, -0.05) is 33.9 Å². The third-order valence-electron chi connectivity index (χ3n) is 6.56. The molecule has 2 atom stereocenters. The summed E-state index contributed by atoms with van der Waals surface area (Å²) in [6.45, 7) is 22.8. The Bertz CT molecular complexity index is 884. The quantitative estimate of drug-likeness (QED) is 0.0558. The van der Waals surface area contributed by atoms with Gasteiger partial charge in [-0.05, 0) is 57.0 Å². The average molecular weight is 693 g/mol. The zero-order valence-corrected chi connectivity index (χ0v) is 31.8. The third-order valence-corrected chi connectivity index (χ3v) is 12.9. The first kappa shape index (κ1) is 47.6. The number of nitrogens with one attached hydrogen (secondary N) is 2. The van der Waals surface area contributed by atoms with Gasteiger partial charge in [0.1, 0.15) is 19.8 Å². The van der Waals surface area contributed by atoms with Crippen molar-refractivity contribution in [1.82, 2.24) is 15.5 Å². The van der Waals surface area contributed by atoms with Gasteiger partial charge in [-0.2, -0.15) is 5.26 Å². The molecule has 14 nitrogen and oxygen atoms in total. The lowest BCUT2D eigenvalue weighted by molar-refractivity contribution is -0.139. The van der Waals surface area contributed by atoms with Gasteiger partial charge in [-0.15, -0.1) is 0 Å². The van der Waals surface area contributed by atoms with E-state index in [0.717, 1.165) is 37.3 Å². The number of ether oxygens (including phenoxy) is 3. The van der Waals surface area contributed by atoms with Crippen LogP contribution in [0, 0.1) is 23.4 Å². The van der Waals surface area contributed by atoms with Gasteiger partial charge in [-0.25, -0.2) is 14.4 Å². The Morgan fingerprint density at radius 1 is 0.848 bits per heavy atom. The lowest BCUT2D eigenvalue weighted by atomic mass is 10.2. The Kier molecular flexibility index (Phi) is 30.6. The molecule has 0 fully saturated rings. The van der Waals surface area contributed by atoms with Crippen LogP contribution in [0.15, 0.2) is 25.3 Å². The molecule has 46 heavy (non-hydrogen) atoms. The van der Waals surface area contributed by atoms with Gasteiger partial charge < -0.3 is 47.4 Å². The van der Waals surface area contributed by atoms with E-state index in [4.69, 9.17) is 27.7 Å². The highest BCUT2D eigenvalue weighted by Gasteiger charge is 2.32. The maximum Gasteiger partial charge on any atom is 0.334 e. The first-order valence-corrected chi connectivity index (χ1v) is 20.3. The zero-order chi connectivity index (χ0) is 36.0. The molecule has 0 saturated carbocycles. The summed E-state index contributed by atoms with van der Waals surface area (Å²) in [5.41, 5.74) is 0. The Hall–Kier alpha value is -2.79. The van der Waals surface area contributed by atoms with Crippen molar-refractivity contribution in [1.29, 1.82) is 5.26 Å². The number of esters is 2. The van der Waals surface area contributed by atoms with Crippen molar-refractivity contribution in [2.24, 2.45) is 11.8 Å². The molecule has 0 aromatic carbocycles. The molecule has 0 bridgehead atoms. The van der Waals surface area contributed by atoms with Crippen LogP contribution in [0.5, 0.6) is 0 Å². The fourth-order valence-corrected chi connectivity index (χ4v) is 7.60. The van der Waals surface area contributed by atoms with Gasteiger partial charge in [0.15, 0.2) is 0 Å². The predicted molar refractivity (Wildman–Crippen MR) is 182 cm³/mol. The standard InChI is InChI=1S/C15H30N2O5Si.C9H23NO2Si.C6H7NO3/c1-7-14(18)22-10-9-16-15(19)17(8-2)11-13(3)12-23(6,20-4)21-5;1-6-10-7-9(2)8-13(5,11-3)12-4;1-2-6(8)10-4-3-9-5-7/h7,13H,1,8-12H2,2-6H3,(H,16,19);9-10H,6-8H2,1-5H3;2H,1,3-4H2. The number of carbonyl (C=O) groups is 3. The van der Waals surface area contributed by atoms with Crippen molar-refractivity contribution in [3.63, 3.8) is 0 Å². The van der Waals surface area contributed by atoms with Crippen LogP contribution in [0.2, 0.25) is 25.2 Å². The van der Waals surface area contributed by atoms with E-state index in [1.54, 1.807) is 33.3 Å². The Morgan fingerprint density at radius 3 is 1.74 bits per heavy atom. The molecule has 0 rings (SSSR count). The highest BCUT2D eigenvalue weighted by atomic mass is 28.4. The second-order valence-electron chi connectivity index (χ2n) is 10.5. The molecule has 0 spiro atoms. The molecule has 268 valence electrons. The summed E-state index contributed by atoms with van der Waals surface area (Å²) < 4.78 is 35.3. The van der Waals surface area contributed by atoms with Crippen LogP contribution in [0.4, 0.5) is 4.79 Å². The van der Waals surface area contributed by atoms with Crippen LogP contribution in [-0.2, 0) is 41.5 Å². The molecule has 2 N–H and O–H groups in total. The van der Waals surface area contributed by atoms with E-state index in [0.29, 0.717) is 19.0 Å². The number of urea groups is 1. The molecule has 0 saturated heterocycles. The predicted octanol–water partition coefficient (Wildman–Crippen LogP) is 3.56. The van der Waals surface area contributed by atoms with Gasteiger partial charge in [-0.3, -0.25) is 0 Å². The summed E-state index contributed by atoms with van der Waals surface area (Å²) in [5.74, 6) is -0.127. The Morgan fingerprint density at radius 2 is 1.33 bits per heavy atom. The topological polar surface area (TPSA) is 167 Å². The van der Waals surface area contributed by atoms with Crippen LogP contribution in [0.3, 0.4) is 0 Å². The monoisotopic (exact) mass is 692 g/mol. The van der Waals surface area contributed by atoms with E-state index in [2.05, 4.69) is 60.6 Å². The first-order chi connectivity index (χ1) is 21.7. The summed E-state index contributed by atoms with van der Waals surface area (Å²) in [6.07, 6.45) is 3.58. The number of nitriles is 1. The maximum atomic E-state index is 12.1. The molecule has 2 unspecified atom stereocenters. The van der Waals surface area contributed by atoms with Gasteiger partial charge in [0, 0.05) is 53.7 Å². The molecular formula is C30H60N4O10Si2. The fraction of sp³-hybridized carbons (Fsp3) is 0.733. The van der Waals surface area contributed by atoms with Crippen molar-refractivity contribution in [3.05, 3.63) is 25.3 Å². The number of hydrogen-bond acceptors (Lipinski definition) is 12. The van der Waals surface area contributed by atoms with Gasteiger partial charge in [0.05, 0.1) is 6.54 Å². The molecular weight excluding hydrogens is 633 g/mol. The lowest BCUT2D eigenvalue weighted by Gasteiger charge is -2.29. The Balaban J connectivity index is -0.000000675. The first-order valence-electron chi connectivity index (χ1n) is 15.2. The highest BCUT2D eigenvalue weighted by Crippen LogP contribution is 2.19. The van der Waals surface area contributed by atoms with Crippen molar-refractivity contribution in [2.45, 2.75) is 52.9 Å². The Labute approximate surface area is 279 Å². The van der Waals surface area contributed by atoms with Crippen molar-refractivity contribution in [3.8, 4) is 6.26 Å². The fourth-order valence-electron chi connectivity index (χ4n) is 3.79. The van der Waals surface area contributed by atoms with E-state index < -0.39 is 29.1 Å². The summed E-state index contributed by atoms with van der Waals surface area (Å²) in [5, 5.41) is 13.9. The number of hydrogen-bond donors (Lipinski definition) is 2. The minimum atomic E-state index is -2.15. The third kappa shape index (κ3) is 26.4. The van der Waals surface area contributed by atoms with E-state index in [1.165, 1.54) is 6.26 Å². The number of rotatable bonds is 22. The van der Waals surface area contributed by atoms with Gasteiger partial charge in [0.2, 0.25) is 0 Å². The van der Waals surface area contributed by atoms with E-state index >= 15 is 0 Å². The highest BCUT2D eigenvalue weighted by molar-refractivity contribution is 6.66. The van der Waals surface area contributed by atoms with E-state index in [1.807, 2.05) is 13.5 Å². The zero-order valence-electron chi connectivity index (χ0n) is 29.8. The number of nitrogens with zero attached hydrogens (tertiary/aromatic N) is 2. The minimum Gasteiger partial charge on any atom is -0.461 e. The summed E-state index contributed by atoms with van der Waals surface area (Å²) in [4.78, 5) is 35.0. The molecule has 0 heterocycles. The van der Waals surface area contributed by atoms with Gasteiger partial charge >= 0.3 is 35.1 Å². The molecule has 0 radical (unpaired) electrons. The summed E-state index contributed by atoms with van der Waals surface area (Å²) in [7, 11) is 2.82. The van der Waals surface area contributed by atoms with Crippen LogP contribution < -0.4 is 10.6 Å².